The van der Waals surface area contributed by atoms with Gasteiger partial charge in [-0.25, -0.2) is 18.2 Å². The van der Waals surface area contributed by atoms with Crippen LogP contribution in [-0.4, -0.2) is 20.7 Å². The van der Waals surface area contributed by atoms with Crippen molar-refractivity contribution in [3.8, 4) is 5.69 Å². The first-order valence-electron chi connectivity index (χ1n) is 9.64. The van der Waals surface area contributed by atoms with E-state index in [0.717, 1.165) is 28.5 Å². The second kappa shape index (κ2) is 9.29. The highest BCUT2D eigenvalue weighted by Crippen LogP contribution is 2.28. The summed E-state index contributed by atoms with van der Waals surface area (Å²) in [5.41, 5.74) is -0.595. The molecule has 4 aromatic rings. The molecule has 0 spiro atoms. The number of rotatable bonds is 5. The summed E-state index contributed by atoms with van der Waals surface area (Å²) in [6, 6.07) is 12.9. The molecule has 5 nitrogen and oxygen atoms in total. The molecule has 3 aromatic carbocycles. The zero-order valence-electron chi connectivity index (χ0n) is 17.0. The van der Waals surface area contributed by atoms with Crippen LogP contribution in [0.25, 0.3) is 16.6 Å². The molecule has 1 N–H and O–H groups in total. The first-order chi connectivity index (χ1) is 15.7. The number of halogens is 4. The van der Waals surface area contributed by atoms with Gasteiger partial charge < -0.3 is 5.32 Å². The molecular formula is C23H15ClF3N3O2S. The third-order valence-electron chi connectivity index (χ3n) is 4.73. The van der Waals surface area contributed by atoms with E-state index in [1.807, 2.05) is 0 Å². The first-order valence-corrected chi connectivity index (χ1v) is 10.9. The molecule has 168 valence electrons. The number of hydrogen-bond donors (Lipinski definition) is 1. The van der Waals surface area contributed by atoms with E-state index in [-0.39, 0.29) is 32.5 Å². The highest BCUT2D eigenvalue weighted by Gasteiger charge is 2.22. The lowest BCUT2D eigenvalue weighted by Gasteiger charge is -2.17. The molecule has 10 heteroatoms. The van der Waals surface area contributed by atoms with Crippen LogP contribution >= 0.6 is 23.4 Å². The predicted octanol–water partition coefficient (Wildman–Crippen LogP) is 5.58. The Morgan fingerprint density at radius 1 is 1.06 bits per heavy atom. The van der Waals surface area contributed by atoms with Crippen molar-refractivity contribution < 1.29 is 18.0 Å². The number of fused-ring (bicyclic) bond motifs is 1. The number of carbonyl (C=O) groups excluding carboxylic acids is 1. The number of nitrogens with zero attached hydrogens (tertiary/aromatic N) is 2. The highest BCUT2D eigenvalue weighted by atomic mass is 35.5. The van der Waals surface area contributed by atoms with Gasteiger partial charge in [-0.1, -0.05) is 35.5 Å². The van der Waals surface area contributed by atoms with E-state index in [1.165, 1.54) is 37.3 Å². The van der Waals surface area contributed by atoms with Crippen molar-refractivity contribution in [1.82, 2.24) is 9.55 Å². The summed E-state index contributed by atoms with van der Waals surface area (Å²) in [7, 11) is 0. The number of anilines is 1. The molecule has 33 heavy (non-hydrogen) atoms. The van der Waals surface area contributed by atoms with Crippen molar-refractivity contribution in [2.24, 2.45) is 0 Å². The van der Waals surface area contributed by atoms with E-state index >= 15 is 0 Å². The molecule has 1 heterocycles. The van der Waals surface area contributed by atoms with Gasteiger partial charge in [0.15, 0.2) is 5.16 Å². The zero-order chi connectivity index (χ0) is 23.7. The van der Waals surface area contributed by atoms with Gasteiger partial charge in [0.2, 0.25) is 5.91 Å². The number of carbonyl (C=O) groups is 1. The summed E-state index contributed by atoms with van der Waals surface area (Å²) in [6.45, 7) is 1.53. The standard InChI is InChI=1S/C23H15ClF3N3O2S/c1-12(21(31)28-19-5-3-2-4-16(19)26)33-23-29-18-8-6-13(24)10-15(18)22(32)30(23)20-9-7-14(25)11-17(20)27/h2-12H,1H3,(H,28,31). The van der Waals surface area contributed by atoms with E-state index in [1.54, 1.807) is 12.1 Å². The van der Waals surface area contributed by atoms with Crippen LogP contribution in [0.2, 0.25) is 5.02 Å². The van der Waals surface area contributed by atoms with E-state index < -0.39 is 34.2 Å². The molecule has 0 fully saturated rings. The Hall–Kier alpha value is -3.30. The monoisotopic (exact) mass is 489 g/mol. The van der Waals surface area contributed by atoms with Gasteiger partial charge in [-0.2, -0.15) is 0 Å². The van der Waals surface area contributed by atoms with Crippen LogP contribution in [0.1, 0.15) is 6.92 Å². The number of aromatic nitrogens is 2. The summed E-state index contributed by atoms with van der Waals surface area (Å²) in [5, 5.41) is 2.03. The minimum Gasteiger partial charge on any atom is -0.323 e. The summed E-state index contributed by atoms with van der Waals surface area (Å²) >= 11 is 6.88. The molecule has 1 atom stereocenters. The van der Waals surface area contributed by atoms with E-state index in [0.29, 0.717) is 6.07 Å². The maximum absolute atomic E-state index is 14.6. The van der Waals surface area contributed by atoms with E-state index in [4.69, 9.17) is 11.6 Å². The lowest BCUT2D eigenvalue weighted by Crippen LogP contribution is -2.27. The average molecular weight is 490 g/mol. The van der Waals surface area contributed by atoms with E-state index in [9.17, 15) is 22.8 Å². The second-order valence-electron chi connectivity index (χ2n) is 7.02. The van der Waals surface area contributed by atoms with Gasteiger partial charge in [0, 0.05) is 11.1 Å². The fourth-order valence-electron chi connectivity index (χ4n) is 3.10. The Morgan fingerprint density at radius 3 is 2.55 bits per heavy atom. The number of nitrogens with one attached hydrogen (secondary N) is 1. The Labute approximate surface area is 195 Å². The molecule has 0 aliphatic heterocycles. The van der Waals surface area contributed by atoms with Gasteiger partial charge in [-0.05, 0) is 49.4 Å². The third-order valence-corrected chi connectivity index (χ3v) is 6.02. The SMILES string of the molecule is CC(Sc1nc2ccc(Cl)cc2c(=O)n1-c1ccc(F)cc1F)C(=O)Nc1ccccc1F. The van der Waals surface area contributed by atoms with Crippen LogP contribution in [0.5, 0.6) is 0 Å². The third kappa shape index (κ3) is 4.74. The van der Waals surface area contributed by atoms with Crippen molar-refractivity contribution in [3.63, 3.8) is 0 Å². The molecular weight excluding hydrogens is 475 g/mol. The van der Waals surface area contributed by atoms with Crippen LogP contribution in [0.15, 0.2) is 70.6 Å². The number of hydrogen-bond acceptors (Lipinski definition) is 4. The fraction of sp³-hybridized carbons (Fsp3) is 0.0870. The smallest absolute Gasteiger partial charge is 0.266 e. The molecule has 1 unspecified atom stereocenters. The Bertz CT molecular complexity index is 1440. The number of amides is 1. The summed E-state index contributed by atoms with van der Waals surface area (Å²) in [5.74, 6) is -2.95. The van der Waals surface area contributed by atoms with Gasteiger partial charge in [-0.15, -0.1) is 0 Å². The van der Waals surface area contributed by atoms with Crippen LogP contribution in [0.3, 0.4) is 0 Å². The Morgan fingerprint density at radius 2 is 1.82 bits per heavy atom. The minimum atomic E-state index is -0.981. The highest BCUT2D eigenvalue weighted by molar-refractivity contribution is 8.00. The normalized spacial score (nSPS) is 12.0. The molecule has 1 aromatic heterocycles. The Balaban J connectivity index is 1.79. The van der Waals surface area contributed by atoms with Crippen LogP contribution in [-0.2, 0) is 4.79 Å². The predicted molar refractivity (Wildman–Crippen MR) is 123 cm³/mol. The molecule has 0 saturated heterocycles. The van der Waals surface area contributed by atoms with Crippen LogP contribution in [0, 0.1) is 17.5 Å². The maximum atomic E-state index is 14.6. The molecule has 0 aliphatic rings. The van der Waals surface area contributed by atoms with Gasteiger partial charge in [0.1, 0.15) is 17.5 Å². The van der Waals surface area contributed by atoms with Crippen molar-refractivity contribution in [1.29, 1.82) is 0 Å². The lowest BCUT2D eigenvalue weighted by atomic mass is 10.2. The quantitative estimate of drug-likeness (QED) is 0.294. The Kier molecular flexibility index (Phi) is 6.44. The number of para-hydroxylation sites is 1. The van der Waals surface area contributed by atoms with Gasteiger partial charge in [0.25, 0.3) is 5.56 Å². The van der Waals surface area contributed by atoms with Crippen molar-refractivity contribution in [3.05, 3.63) is 93.5 Å². The zero-order valence-corrected chi connectivity index (χ0v) is 18.6. The van der Waals surface area contributed by atoms with Gasteiger partial charge >= 0.3 is 0 Å². The largest absolute Gasteiger partial charge is 0.323 e. The summed E-state index contributed by atoms with van der Waals surface area (Å²) in [4.78, 5) is 30.4. The van der Waals surface area contributed by atoms with Crippen LogP contribution < -0.4 is 10.9 Å². The van der Waals surface area contributed by atoms with E-state index in [2.05, 4.69) is 10.3 Å². The van der Waals surface area contributed by atoms with Crippen molar-refractivity contribution in [2.45, 2.75) is 17.3 Å². The first kappa shape index (κ1) is 22.9. The lowest BCUT2D eigenvalue weighted by molar-refractivity contribution is -0.115. The molecule has 0 aliphatic carbocycles. The van der Waals surface area contributed by atoms with Crippen LogP contribution in [0.4, 0.5) is 18.9 Å². The summed E-state index contributed by atoms with van der Waals surface area (Å²) < 4.78 is 43.0. The molecule has 0 saturated carbocycles. The molecule has 0 radical (unpaired) electrons. The summed E-state index contributed by atoms with van der Waals surface area (Å²) in [6.07, 6.45) is 0. The minimum absolute atomic E-state index is 0.00182. The number of benzene rings is 3. The maximum Gasteiger partial charge on any atom is 0.266 e. The second-order valence-corrected chi connectivity index (χ2v) is 8.77. The molecule has 4 rings (SSSR count). The van der Waals surface area contributed by atoms with Crippen molar-refractivity contribution in [2.75, 3.05) is 5.32 Å². The molecule has 0 bridgehead atoms. The topological polar surface area (TPSA) is 64.0 Å². The average Bonchev–Trinajstić information content (AvgIpc) is 2.77. The van der Waals surface area contributed by atoms with Gasteiger partial charge in [-0.3, -0.25) is 14.2 Å². The van der Waals surface area contributed by atoms with Gasteiger partial charge in [0.05, 0.1) is 27.5 Å². The fourth-order valence-corrected chi connectivity index (χ4v) is 4.19. The van der Waals surface area contributed by atoms with Crippen molar-refractivity contribution >= 4 is 45.9 Å². The molecule has 1 amide bonds. The number of thioether (sulfide) groups is 1.